The molecular weight excluding hydrogens is 196 g/mol. The molecule has 1 rings (SSSR count). The lowest BCUT2D eigenvalue weighted by molar-refractivity contribution is -0.105. The number of carbonyl (C=O) groups excluding carboxylic acids is 1. The molecule has 88 valence electrons. The fraction of sp³-hybridized carbons (Fsp3) is 0.533. The van der Waals surface area contributed by atoms with E-state index in [4.69, 9.17) is 0 Å². The Kier molecular flexibility index (Phi) is 4.72. The summed E-state index contributed by atoms with van der Waals surface area (Å²) in [7, 11) is 0. The number of hydrogen-bond donors (Lipinski definition) is 0. The van der Waals surface area contributed by atoms with Crippen LogP contribution in [0.1, 0.15) is 46.5 Å². The van der Waals surface area contributed by atoms with Crippen molar-refractivity contribution >= 4 is 6.29 Å². The minimum Gasteiger partial charge on any atom is -0.298 e. The van der Waals surface area contributed by atoms with E-state index in [1.165, 1.54) is 5.57 Å². The molecule has 16 heavy (non-hydrogen) atoms. The average Bonchev–Trinajstić information content (AvgIpc) is 2.40. The Morgan fingerprint density at radius 2 is 2.25 bits per heavy atom. The van der Waals surface area contributed by atoms with Gasteiger partial charge in [-0.3, -0.25) is 4.79 Å². The van der Waals surface area contributed by atoms with Gasteiger partial charge in [0.25, 0.3) is 0 Å². The monoisotopic (exact) mass is 218 g/mol. The first kappa shape index (κ1) is 13.0. The molecule has 1 nitrogen and oxygen atoms in total. The molecule has 0 saturated heterocycles. The second kappa shape index (κ2) is 5.83. The van der Waals surface area contributed by atoms with Crippen LogP contribution in [0.25, 0.3) is 0 Å². The predicted octanol–water partition coefficient (Wildman–Crippen LogP) is 4.21. The van der Waals surface area contributed by atoms with Gasteiger partial charge in [-0.1, -0.05) is 36.8 Å². The first-order valence-electron chi connectivity index (χ1n) is 6.01. The van der Waals surface area contributed by atoms with Crippen molar-refractivity contribution in [2.75, 3.05) is 0 Å². The van der Waals surface area contributed by atoms with Gasteiger partial charge in [0.2, 0.25) is 0 Å². The van der Waals surface area contributed by atoms with Crippen molar-refractivity contribution < 1.29 is 4.79 Å². The minimum absolute atomic E-state index is 0.219. The smallest absolute Gasteiger partial charge is 0.146 e. The third-order valence-corrected chi connectivity index (χ3v) is 3.12. The standard InChI is InChI=1S/C15H22O/c1-13(2)6-4-9-15(3)10-5-7-14(12-16)8-11-15/h5-6,8,10,12H,4,7,9,11H2,1-3H3/t15-/m1/s1. The van der Waals surface area contributed by atoms with Crippen LogP contribution in [0.15, 0.2) is 35.5 Å². The first-order chi connectivity index (χ1) is 7.56. The Labute approximate surface area is 98.9 Å². The van der Waals surface area contributed by atoms with E-state index >= 15 is 0 Å². The zero-order chi connectivity index (χ0) is 12.0. The molecule has 0 aliphatic heterocycles. The molecule has 0 heterocycles. The molecule has 0 unspecified atom stereocenters. The highest BCUT2D eigenvalue weighted by atomic mass is 16.1. The molecule has 0 aromatic carbocycles. The van der Waals surface area contributed by atoms with E-state index in [9.17, 15) is 4.79 Å². The summed E-state index contributed by atoms with van der Waals surface area (Å²) < 4.78 is 0. The Bertz CT molecular complexity index is 329. The molecule has 0 radical (unpaired) electrons. The van der Waals surface area contributed by atoms with Gasteiger partial charge in [-0.15, -0.1) is 0 Å². The number of hydrogen-bond acceptors (Lipinski definition) is 1. The lowest BCUT2D eigenvalue weighted by atomic mass is 9.82. The molecule has 1 aliphatic carbocycles. The number of carbonyl (C=O) groups is 1. The van der Waals surface area contributed by atoms with Gasteiger partial charge < -0.3 is 0 Å². The molecule has 0 saturated carbocycles. The lowest BCUT2D eigenvalue weighted by Gasteiger charge is -2.23. The summed E-state index contributed by atoms with van der Waals surface area (Å²) in [5, 5.41) is 0. The molecule has 0 amide bonds. The first-order valence-corrected chi connectivity index (χ1v) is 6.01. The van der Waals surface area contributed by atoms with Crippen molar-refractivity contribution in [1.29, 1.82) is 0 Å². The fourth-order valence-electron chi connectivity index (χ4n) is 1.97. The predicted molar refractivity (Wildman–Crippen MR) is 69.3 cm³/mol. The average molecular weight is 218 g/mol. The van der Waals surface area contributed by atoms with Gasteiger partial charge in [0.1, 0.15) is 6.29 Å². The van der Waals surface area contributed by atoms with Gasteiger partial charge in [-0.05, 0) is 50.5 Å². The van der Waals surface area contributed by atoms with E-state index in [1.807, 2.05) is 0 Å². The third-order valence-electron chi connectivity index (χ3n) is 3.12. The van der Waals surface area contributed by atoms with Crippen LogP contribution in [0, 0.1) is 5.41 Å². The highest BCUT2D eigenvalue weighted by Crippen LogP contribution is 2.33. The molecule has 0 spiro atoms. The fourth-order valence-corrected chi connectivity index (χ4v) is 1.97. The van der Waals surface area contributed by atoms with Crippen molar-refractivity contribution in [3.05, 3.63) is 35.5 Å². The summed E-state index contributed by atoms with van der Waals surface area (Å²) in [6.45, 7) is 6.54. The number of allylic oxidation sites excluding steroid dienone is 6. The quantitative estimate of drug-likeness (QED) is 0.510. The third kappa shape index (κ3) is 4.18. The van der Waals surface area contributed by atoms with Crippen LogP contribution in [0.2, 0.25) is 0 Å². The molecular formula is C15H22O. The molecule has 0 aromatic heterocycles. The Hall–Kier alpha value is -1.11. The van der Waals surface area contributed by atoms with E-state index in [2.05, 4.69) is 45.1 Å². The highest BCUT2D eigenvalue weighted by molar-refractivity contribution is 5.73. The van der Waals surface area contributed by atoms with Crippen molar-refractivity contribution in [3.8, 4) is 0 Å². The van der Waals surface area contributed by atoms with Crippen molar-refractivity contribution in [3.63, 3.8) is 0 Å². The number of aldehydes is 1. The van der Waals surface area contributed by atoms with Crippen molar-refractivity contribution in [2.24, 2.45) is 5.41 Å². The molecule has 0 fully saturated rings. The zero-order valence-corrected chi connectivity index (χ0v) is 10.6. The van der Waals surface area contributed by atoms with Crippen LogP contribution in [0.5, 0.6) is 0 Å². The molecule has 1 atom stereocenters. The Balaban J connectivity index is 2.60. The van der Waals surface area contributed by atoms with Gasteiger partial charge in [0, 0.05) is 0 Å². The van der Waals surface area contributed by atoms with Crippen LogP contribution in [0.4, 0.5) is 0 Å². The summed E-state index contributed by atoms with van der Waals surface area (Å²) >= 11 is 0. The maximum absolute atomic E-state index is 10.7. The summed E-state index contributed by atoms with van der Waals surface area (Å²) in [5.74, 6) is 0. The van der Waals surface area contributed by atoms with E-state index in [0.29, 0.717) is 0 Å². The maximum Gasteiger partial charge on any atom is 0.146 e. The van der Waals surface area contributed by atoms with Crippen molar-refractivity contribution in [1.82, 2.24) is 0 Å². The zero-order valence-electron chi connectivity index (χ0n) is 10.6. The van der Waals surface area contributed by atoms with Crippen LogP contribution < -0.4 is 0 Å². The molecule has 0 aromatic rings. The molecule has 1 aliphatic rings. The maximum atomic E-state index is 10.7. The van der Waals surface area contributed by atoms with Gasteiger partial charge >= 0.3 is 0 Å². The molecule has 0 bridgehead atoms. The summed E-state index contributed by atoms with van der Waals surface area (Å²) in [6.07, 6.45) is 13.8. The minimum atomic E-state index is 0.219. The van der Waals surface area contributed by atoms with Gasteiger partial charge in [-0.25, -0.2) is 0 Å². The van der Waals surface area contributed by atoms with Gasteiger partial charge in [0.05, 0.1) is 0 Å². The SMILES string of the molecule is CC(C)=CCC[C@]1(C)C=CCC(C=O)=CC1. The van der Waals surface area contributed by atoms with E-state index in [1.54, 1.807) is 0 Å². The largest absolute Gasteiger partial charge is 0.298 e. The lowest BCUT2D eigenvalue weighted by Crippen LogP contribution is -2.11. The van der Waals surface area contributed by atoms with Crippen LogP contribution in [0.3, 0.4) is 0 Å². The van der Waals surface area contributed by atoms with E-state index in [0.717, 1.165) is 37.5 Å². The second-order valence-corrected chi connectivity index (χ2v) is 5.18. The topological polar surface area (TPSA) is 17.1 Å². The molecule has 0 N–H and O–H groups in total. The van der Waals surface area contributed by atoms with Crippen LogP contribution >= 0.6 is 0 Å². The van der Waals surface area contributed by atoms with E-state index in [-0.39, 0.29) is 5.41 Å². The summed E-state index contributed by atoms with van der Waals surface area (Å²) in [6, 6.07) is 0. The Morgan fingerprint density at radius 1 is 1.50 bits per heavy atom. The highest BCUT2D eigenvalue weighted by Gasteiger charge is 2.20. The van der Waals surface area contributed by atoms with Gasteiger partial charge in [0.15, 0.2) is 0 Å². The van der Waals surface area contributed by atoms with Crippen molar-refractivity contribution in [2.45, 2.75) is 46.5 Å². The second-order valence-electron chi connectivity index (χ2n) is 5.18. The van der Waals surface area contributed by atoms with Crippen LogP contribution in [-0.4, -0.2) is 6.29 Å². The van der Waals surface area contributed by atoms with Gasteiger partial charge in [-0.2, -0.15) is 0 Å². The normalized spacial score (nSPS) is 24.6. The number of rotatable bonds is 4. The Morgan fingerprint density at radius 3 is 2.88 bits per heavy atom. The van der Waals surface area contributed by atoms with E-state index < -0.39 is 0 Å². The summed E-state index contributed by atoms with van der Waals surface area (Å²) in [5.41, 5.74) is 2.52. The molecule has 1 heteroatoms. The van der Waals surface area contributed by atoms with Crippen LogP contribution in [-0.2, 0) is 4.79 Å². The summed E-state index contributed by atoms with van der Waals surface area (Å²) in [4.78, 5) is 10.7.